The number of unbranched alkanes of at least 4 members (excludes halogenated alkanes) is 2. The van der Waals surface area contributed by atoms with E-state index in [4.69, 9.17) is 4.52 Å². The van der Waals surface area contributed by atoms with Gasteiger partial charge in [-0.1, -0.05) is 44.0 Å². The first-order chi connectivity index (χ1) is 8.29. The van der Waals surface area contributed by atoms with Crippen LogP contribution in [0.4, 0.5) is 0 Å². The summed E-state index contributed by atoms with van der Waals surface area (Å²) in [5.74, 6) is 0. The molecule has 0 spiro atoms. The zero-order chi connectivity index (χ0) is 12.5. The van der Waals surface area contributed by atoms with E-state index in [0.717, 1.165) is 36.6 Å². The van der Waals surface area contributed by atoms with Crippen LogP contribution in [0.15, 0.2) is 36.9 Å². The van der Waals surface area contributed by atoms with Crippen LogP contribution in [0.5, 0.6) is 0 Å². The molecule has 1 aromatic carbocycles. The van der Waals surface area contributed by atoms with Crippen LogP contribution >= 0.6 is 8.03 Å². The molecule has 0 aliphatic heterocycles. The van der Waals surface area contributed by atoms with Crippen LogP contribution in [-0.4, -0.2) is 6.61 Å². The van der Waals surface area contributed by atoms with Crippen LogP contribution in [0.2, 0.25) is 0 Å². The van der Waals surface area contributed by atoms with Gasteiger partial charge in [-0.25, -0.2) is 0 Å². The van der Waals surface area contributed by atoms with Gasteiger partial charge in [0, 0.05) is 5.56 Å². The third kappa shape index (κ3) is 4.80. The Hall–Kier alpha value is -0.980. The first kappa shape index (κ1) is 14.1. The summed E-state index contributed by atoms with van der Waals surface area (Å²) in [5, 5.41) is 0.805. The molecular formula is C14H20O2P+. The van der Waals surface area contributed by atoms with Gasteiger partial charge in [0.1, 0.15) is 6.61 Å². The van der Waals surface area contributed by atoms with Gasteiger partial charge in [-0.2, -0.15) is 0 Å². The Morgan fingerprint density at radius 2 is 2.12 bits per heavy atom. The van der Waals surface area contributed by atoms with Crippen LogP contribution in [0.25, 0.3) is 0 Å². The number of rotatable bonds is 8. The molecule has 1 atom stereocenters. The summed E-state index contributed by atoms with van der Waals surface area (Å²) in [7, 11) is -1.72. The molecule has 0 saturated carbocycles. The Kier molecular flexibility index (Phi) is 6.76. The quantitative estimate of drug-likeness (QED) is 0.396. The molecule has 1 unspecified atom stereocenters. The van der Waals surface area contributed by atoms with Crippen LogP contribution in [0, 0.1) is 0 Å². The fourth-order valence-electron chi connectivity index (χ4n) is 1.59. The lowest BCUT2D eigenvalue weighted by atomic mass is 10.1. The van der Waals surface area contributed by atoms with Crippen LogP contribution < -0.4 is 5.30 Å². The van der Waals surface area contributed by atoms with E-state index in [9.17, 15) is 4.57 Å². The summed E-state index contributed by atoms with van der Waals surface area (Å²) >= 11 is 0. The minimum Gasteiger partial charge on any atom is -0.142 e. The first-order valence-electron chi connectivity index (χ1n) is 6.08. The Morgan fingerprint density at radius 1 is 1.35 bits per heavy atom. The molecule has 92 valence electrons. The summed E-state index contributed by atoms with van der Waals surface area (Å²) in [6.45, 7) is 6.42. The zero-order valence-electron chi connectivity index (χ0n) is 10.4. The highest BCUT2D eigenvalue weighted by Crippen LogP contribution is 2.24. The maximum atomic E-state index is 12.0. The van der Waals surface area contributed by atoms with Gasteiger partial charge in [-0.3, -0.25) is 0 Å². The SMILES string of the molecule is C=CCc1ccccc1[P+](=O)OCCCCC. The van der Waals surface area contributed by atoms with Crippen molar-refractivity contribution in [3.8, 4) is 0 Å². The number of hydrogen-bond donors (Lipinski definition) is 0. The molecule has 2 nitrogen and oxygen atoms in total. The van der Waals surface area contributed by atoms with Crippen molar-refractivity contribution >= 4 is 13.3 Å². The first-order valence-corrected chi connectivity index (χ1v) is 7.26. The van der Waals surface area contributed by atoms with Crippen LogP contribution in [-0.2, 0) is 15.5 Å². The summed E-state index contributed by atoms with van der Waals surface area (Å²) in [6.07, 6.45) is 5.79. The lowest BCUT2D eigenvalue weighted by molar-refractivity contribution is 0.323. The average molecular weight is 251 g/mol. The topological polar surface area (TPSA) is 26.3 Å². The molecule has 1 aromatic rings. The summed E-state index contributed by atoms with van der Waals surface area (Å²) in [4.78, 5) is 0. The molecule has 0 N–H and O–H groups in total. The van der Waals surface area contributed by atoms with Crippen molar-refractivity contribution in [3.05, 3.63) is 42.5 Å². The second-order valence-electron chi connectivity index (χ2n) is 3.92. The molecule has 1 rings (SSSR count). The Balaban J connectivity index is 2.58. The highest BCUT2D eigenvalue weighted by atomic mass is 31.1. The van der Waals surface area contributed by atoms with Crippen molar-refractivity contribution in [1.29, 1.82) is 0 Å². The largest absolute Gasteiger partial charge is 0.549 e. The second-order valence-corrected chi connectivity index (χ2v) is 5.17. The van der Waals surface area contributed by atoms with Crippen molar-refractivity contribution in [2.45, 2.75) is 32.6 Å². The lowest BCUT2D eigenvalue weighted by Gasteiger charge is -1.97. The molecule has 17 heavy (non-hydrogen) atoms. The molecule has 0 aliphatic carbocycles. The second kappa shape index (κ2) is 8.16. The van der Waals surface area contributed by atoms with Gasteiger partial charge in [0.15, 0.2) is 0 Å². The molecule has 0 bridgehead atoms. The van der Waals surface area contributed by atoms with Crippen molar-refractivity contribution in [2.75, 3.05) is 6.61 Å². The van der Waals surface area contributed by atoms with E-state index in [2.05, 4.69) is 13.5 Å². The number of hydrogen-bond acceptors (Lipinski definition) is 2. The van der Waals surface area contributed by atoms with Gasteiger partial charge in [0.25, 0.3) is 0 Å². The van der Waals surface area contributed by atoms with Crippen LogP contribution in [0.1, 0.15) is 31.7 Å². The smallest absolute Gasteiger partial charge is 0.142 e. The average Bonchev–Trinajstić information content (AvgIpc) is 2.35. The van der Waals surface area contributed by atoms with Gasteiger partial charge in [0.05, 0.1) is 0 Å². The highest BCUT2D eigenvalue weighted by Gasteiger charge is 2.24. The van der Waals surface area contributed by atoms with Crippen molar-refractivity contribution in [3.63, 3.8) is 0 Å². The fourth-order valence-corrected chi connectivity index (χ4v) is 2.63. The van der Waals surface area contributed by atoms with Crippen molar-refractivity contribution in [2.24, 2.45) is 0 Å². The van der Waals surface area contributed by atoms with Gasteiger partial charge < -0.3 is 0 Å². The zero-order valence-corrected chi connectivity index (χ0v) is 11.3. The van der Waals surface area contributed by atoms with Gasteiger partial charge in [-0.05, 0) is 23.5 Å². The molecule has 0 heterocycles. The van der Waals surface area contributed by atoms with E-state index in [-0.39, 0.29) is 0 Å². The van der Waals surface area contributed by atoms with E-state index < -0.39 is 8.03 Å². The minimum absolute atomic E-state index is 0.575. The number of benzene rings is 1. The maximum Gasteiger partial charge on any atom is 0.549 e. The van der Waals surface area contributed by atoms with E-state index in [1.807, 2.05) is 30.3 Å². The molecule has 0 amide bonds. The van der Waals surface area contributed by atoms with E-state index >= 15 is 0 Å². The van der Waals surface area contributed by atoms with Gasteiger partial charge in [0.2, 0.25) is 5.30 Å². The van der Waals surface area contributed by atoms with E-state index in [1.54, 1.807) is 0 Å². The predicted molar refractivity (Wildman–Crippen MR) is 73.1 cm³/mol. The highest BCUT2D eigenvalue weighted by molar-refractivity contribution is 7.48. The molecular weight excluding hydrogens is 231 g/mol. The summed E-state index contributed by atoms with van der Waals surface area (Å²) in [6, 6.07) is 7.68. The summed E-state index contributed by atoms with van der Waals surface area (Å²) < 4.78 is 17.4. The predicted octanol–water partition coefficient (Wildman–Crippen LogP) is 3.99. The lowest BCUT2D eigenvalue weighted by Crippen LogP contribution is -2.06. The molecule has 0 aliphatic rings. The Bertz CT molecular complexity index is 374. The third-order valence-electron chi connectivity index (χ3n) is 2.51. The van der Waals surface area contributed by atoms with E-state index in [1.165, 1.54) is 0 Å². The molecule has 3 heteroatoms. The van der Waals surface area contributed by atoms with Crippen LogP contribution in [0.3, 0.4) is 0 Å². The summed E-state index contributed by atoms with van der Waals surface area (Å²) in [5.41, 5.74) is 1.04. The number of allylic oxidation sites excluding steroid dienone is 1. The minimum atomic E-state index is -1.72. The monoisotopic (exact) mass is 251 g/mol. The van der Waals surface area contributed by atoms with E-state index in [0.29, 0.717) is 6.61 Å². The van der Waals surface area contributed by atoms with Crippen molar-refractivity contribution in [1.82, 2.24) is 0 Å². The normalized spacial score (nSPS) is 11.2. The van der Waals surface area contributed by atoms with Gasteiger partial charge >= 0.3 is 8.03 Å². The fraction of sp³-hybridized carbons (Fsp3) is 0.429. The molecule has 0 radical (unpaired) electrons. The third-order valence-corrected chi connectivity index (χ3v) is 3.76. The molecule has 0 fully saturated rings. The Morgan fingerprint density at radius 3 is 2.82 bits per heavy atom. The molecule has 0 saturated heterocycles. The Labute approximate surface area is 105 Å². The standard InChI is InChI=1S/C14H20O2P/c1-3-5-8-12-16-17(15)14-11-7-6-10-13(14)9-4-2/h4,6-7,10-11H,2-3,5,8-9,12H2,1H3/q+1. The molecule has 0 aromatic heterocycles. The van der Waals surface area contributed by atoms with Crippen molar-refractivity contribution < 1.29 is 9.09 Å². The van der Waals surface area contributed by atoms with Gasteiger partial charge in [-0.15, -0.1) is 11.1 Å². The maximum absolute atomic E-state index is 12.0.